The highest BCUT2D eigenvalue weighted by atomic mass is 35.5. The van der Waals surface area contributed by atoms with Crippen molar-refractivity contribution >= 4 is 46.4 Å². The second kappa shape index (κ2) is 9.92. The number of aromatic nitrogens is 3. The minimum Gasteiger partial charge on any atom is -0.276 e. The lowest BCUT2D eigenvalue weighted by atomic mass is 10.2. The zero-order valence-corrected chi connectivity index (χ0v) is 16.9. The predicted octanol–water partition coefficient (Wildman–Crippen LogP) is 1.86. The maximum Gasteiger partial charge on any atom is 0.356 e. The highest BCUT2D eigenvalue weighted by Gasteiger charge is 2.24. The lowest BCUT2D eigenvalue weighted by molar-refractivity contribution is -0.384. The van der Waals surface area contributed by atoms with Crippen molar-refractivity contribution in [3.63, 3.8) is 0 Å². The van der Waals surface area contributed by atoms with Gasteiger partial charge >= 0.3 is 5.69 Å². The Labute approximate surface area is 188 Å². The Morgan fingerprint density at radius 1 is 0.879 bits per heavy atom. The summed E-state index contributed by atoms with van der Waals surface area (Å²) in [6, 6.07) is 7.93. The van der Waals surface area contributed by atoms with Crippen molar-refractivity contribution in [2.75, 3.05) is 10.9 Å². The van der Waals surface area contributed by atoms with Crippen LogP contribution in [0, 0.1) is 20.2 Å². The lowest BCUT2D eigenvalue weighted by Gasteiger charge is -2.11. The van der Waals surface area contributed by atoms with E-state index in [4.69, 9.17) is 11.6 Å². The topological polar surface area (TPSA) is 207 Å². The van der Waals surface area contributed by atoms with E-state index in [1.54, 1.807) is 12.1 Å². The summed E-state index contributed by atoms with van der Waals surface area (Å²) >= 11 is 5.71. The van der Waals surface area contributed by atoms with Crippen LogP contribution in [-0.4, -0.2) is 36.6 Å². The zero-order chi connectivity index (χ0) is 24.0. The van der Waals surface area contributed by atoms with E-state index in [9.17, 15) is 29.8 Å². The number of hydrogen-bond acceptors (Lipinski definition) is 11. The number of nitro benzene ring substituents is 1. The highest BCUT2D eigenvalue weighted by Crippen LogP contribution is 2.28. The van der Waals surface area contributed by atoms with Crippen molar-refractivity contribution in [1.82, 2.24) is 25.8 Å². The smallest absolute Gasteiger partial charge is 0.276 e. The molecule has 1 aromatic carbocycles. The van der Waals surface area contributed by atoms with Gasteiger partial charge in [-0.2, -0.15) is 0 Å². The molecule has 0 fully saturated rings. The molecule has 0 saturated carbocycles. The van der Waals surface area contributed by atoms with Crippen molar-refractivity contribution in [2.24, 2.45) is 0 Å². The van der Waals surface area contributed by atoms with E-state index in [0.29, 0.717) is 0 Å². The second-order valence-electron chi connectivity index (χ2n) is 5.97. The number of benzene rings is 1. The minimum absolute atomic E-state index is 0.0457. The normalized spacial score (nSPS) is 10.1. The average molecular weight is 474 g/mol. The number of hydrazine groups is 2. The standard InChI is InChI=1S/C17H12ClN9O6/c18-10-5-4-9(7-12(10)26(30)31)16(28)24-22-14-13(27(32)33)15(21-8-20-14)23-25-17(29)11-3-1-2-6-19-11/h1-8H,(H,24,28)(H,25,29)(H2,20,21,22,23). The maximum absolute atomic E-state index is 12.3. The molecule has 0 spiro atoms. The van der Waals surface area contributed by atoms with Crippen LogP contribution in [0.2, 0.25) is 5.02 Å². The van der Waals surface area contributed by atoms with Crippen LogP contribution in [0.25, 0.3) is 0 Å². The van der Waals surface area contributed by atoms with E-state index in [1.165, 1.54) is 18.3 Å². The number of hydrogen-bond donors (Lipinski definition) is 4. The molecular weight excluding hydrogens is 462 g/mol. The Bertz CT molecular complexity index is 1240. The van der Waals surface area contributed by atoms with Gasteiger partial charge in [0.05, 0.1) is 9.85 Å². The van der Waals surface area contributed by atoms with E-state index in [1.807, 2.05) is 0 Å². The van der Waals surface area contributed by atoms with Crippen molar-refractivity contribution in [2.45, 2.75) is 0 Å². The summed E-state index contributed by atoms with van der Waals surface area (Å²) < 4.78 is 0. The molecule has 33 heavy (non-hydrogen) atoms. The third kappa shape index (κ3) is 5.42. The Morgan fingerprint density at radius 3 is 2.12 bits per heavy atom. The molecule has 0 aliphatic heterocycles. The molecule has 2 amide bonds. The first kappa shape index (κ1) is 22.8. The molecule has 2 heterocycles. The molecule has 0 atom stereocenters. The first-order valence-electron chi connectivity index (χ1n) is 8.75. The van der Waals surface area contributed by atoms with Crippen LogP contribution in [0.1, 0.15) is 20.8 Å². The summed E-state index contributed by atoms with van der Waals surface area (Å²) in [4.78, 5) is 56.5. The number of pyridine rings is 1. The van der Waals surface area contributed by atoms with Crippen LogP contribution in [0.4, 0.5) is 23.0 Å². The van der Waals surface area contributed by atoms with Gasteiger partial charge in [-0.05, 0) is 24.3 Å². The van der Waals surface area contributed by atoms with Crippen molar-refractivity contribution < 1.29 is 19.4 Å². The summed E-state index contributed by atoms with van der Waals surface area (Å²) in [7, 11) is 0. The fourth-order valence-electron chi connectivity index (χ4n) is 2.39. The van der Waals surface area contributed by atoms with Gasteiger partial charge in [-0.3, -0.25) is 56.5 Å². The van der Waals surface area contributed by atoms with Crippen molar-refractivity contribution in [3.8, 4) is 0 Å². The van der Waals surface area contributed by atoms with E-state index >= 15 is 0 Å². The Morgan fingerprint density at radius 2 is 1.55 bits per heavy atom. The van der Waals surface area contributed by atoms with Crippen LogP contribution >= 0.6 is 11.6 Å². The van der Waals surface area contributed by atoms with Gasteiger partial charge in [0.25, 0.3) is 17.5 Å². The van der Waals surface area contributed by atoms with Gasteiger partial charge in [-0.1, -0.05) is 17.7 Å². The van der Waals surface area contributed by atoms with Gasteiger partial charge in [0.1, 0.15) is 17.0 Å². The van der Waals surface area contributed by atoms with Gasteiger partial charge in [0.2, 0.25) is 11.6 Å². The molecule has 3 rings (SSSR count). The largest absolute Gasteiger partial charge is 0.356 e. The molecule has 0 radical (unpaired) electrons. The van der Waals surface area contributed by atoms with Gasteiger partial charge in [-0.25, -0.2) is 9.97 Å². The van der Waals surface area contributed by atoms with E-state index < -0.39 is 44.7 Å². The summed E-state index contributed by atoms with van der Waals surface area (Å²) in [5.74, 6) is -2.36. The number of halogens is 1. The number of nitrogens with one attached hydrogen (secondary N) is 4. The molecule has 2 aromatic heterocycles. The number of anilines is 2. The third-order valence-electron chi connectivity index (χ3n) is 3.90. The number of amides is 2. The molecule has 0 aliphatic rings. The van der Waals surface area contributed by atoms with Gasteiger partial charge in [0.15, 0.2) is 0 Å². The number of carbonyl (C=O) groups is 2. The minimum atomic E-state index is -0.861. The molecule has 0 bridgehead atoms. The molecule has 168 valence electrons. The van der Waals surface area contributed by atoms with Gasteiger partial charge < -0.3 is 0 Å². The van der Waals surface area contributed by atoms with Crippen LogP contribution in [0.3, 0.4) is 0 Å². The average Bonchev–Trinajstić information content (AvgIpc) is 2.81. The predicted molar refractivity (Wildman–Crippen MR) is 113 cm³/mol. The molecule has 3 aromatic rings. The quantitative estimate of drug-likeness (QED) is 0.274. The van der Waals surface area contributed by atoms with Crippen molar-refractivity contribution in [1.29, 1.82) is 0 Å². The number of carbonyl (C=O) groups excluding carboxylic acids is 2. The van der Waals surface area contributed by atoms with Gasteiger partial charge in [-0.15, -0.1) is 0 Å². The Hall–Kier alpha value is -4.92. The summed E-state index contributed by atoms with van der Waals surface area (Å²) in [5.41, 5.74) is 7.62. The van der Waals surface area contributed by atoms with E-state index in [2.05, 4.69) is 36.7 Å². The molecule has 16 heteroatoms. The zero-order valence-electron chi connectivity index (χ0n) is 16.2. The number of rotatable bonds is 8. The first-order chi connectivity index (χ1) is 15.8. The molecular formula is C17H12ClN9O6. The third-order valence-corrected chi connectivity index (χ3v) is 4.22. The fourth-order valence-corrected chi connectivity index (χ4v) is 2.58. The summed E-state index contributed by atoms with van der Waals surface area (Å²) in [6.07, 6.45) is 2.33. The lowest BCUT2D eigenvalue weighted by Crippen LogP contribution is -2.32. The molecule has 0 aliphatic carbocycles. The van der Waals surface area contributed by atoms with Crippen molar-refractivity contribution in [3.05, 3.63) is 85.4 Å². The van der Waals surface area contributed by atoms with Crippen LogP contribution < -0.4 is 21.7 Å². The Balaban J connectivity index is 1.75. The monoisotopic (exact) mass is 473 g/mol. The summed E-state index contributed by atoms with van der Waals surface area (Å²) in [5, 5.41) is 22.4. The highest BCUT2D eigenvalue weighted by molar-refractivity contribution is 6.32. The summed E-state index contributed by atoms with van der Waals surface area (Å²) in [6.45, 7) is 0. The van der Waals surface area contributed by atoms with Crippen LogP contribution in [-0.2, 0) is 0 Å². The van der Waals surface area contributed by atoms with Gasteiger partial charge in [0, 0.05) is 17.8 Å². The SMILES string of the molecule is O=C(NNc1ncnc(NNC(=O)c2ccccn2)c1[N+](=O)[O-])c1ccc(Cl)c([N+](=O)[O-])c1. The molecule has 15 nitrogen and oxygen atoms in total. The van der Waals surface area contributed by atoms with E-state index in [-0.39, 0.29) is 16.3 Å². The maximum atomic E-state index is 12.3. The fraction of sp³-hybridized carbons (Fsp3) is 0. The number of nitrogens with zero attached hydrogens (tertiary/aromatic N) is 5. The molecule has 0 unspecified atom stereocenters. The molecule has 0 saturated heterocycles. The second-order valence-corrected chi connectivity index (χ2v) is 6.38. The molecule has 4 N–H and O–H groups in total. The van der Waals surface area contributed by atoms with Crippen LogP contribution in [0.15, 0.2) is 48.9 Å². The van der Waals surface area contributed by atoms with Crippen LogP contribution in [0.5, 0.6) is 0 Å². The number of nitro groups is 2. The Kier molecular flexibility index (Phi) is 6.84. The van der Waals surface area contributed by atoms with E-state index in [0.717, 1.165) is 18.5 Å². The first-order valence-corrected chi connectivity index (χ1v) is 9.12.